The van der Waals surface area contributed by atoms with E-state index in [0.29, 0.717) is 30.9 Å². The number of pyridine rings is 1. The lowest BCUT2D eigenvalue weighted by Crippen LogP contribution is -2.11. The van der Waals surface area contributed by atoms with Crippen LogP contribution in [0.25, 0.3) is 11.0 Å². The van der Waals surface area contributed by atoms with Crippen LogP contribution in [0.15, 0.2) is 42.7 Å². The molecule has 0 aliphatic carbocycles. The lowest BCUT2D eigenvalue weighted by molar-refractivity contribution is 0.0527. The van der Waals surface area contributed by atoms with E-state index in [-0.39, 0.29) is 5.97 Å². The third-order valence-electron chi connectivity index (χ3n) is 3.77. The maximum atomic E-state index is 12.3. The number of ether oxygens (including phenoxy) is 1. The lowest BCUT2D eigenvalue weighted by Gasteiger charge is -2.12. The molecule has 0 aliphatic rings. The molecule has 2 heterocycles. The first kappa shape index (κ1) is 16.0. The van der Waals surface area contributed by atoms with Crippen LogP contribution < -0.4 is 5.32 Å². The van der Waals surface area contributed by atoms with Crippen molar-refractivity contribution in [1.82, 2.24) is 14.8 Å². The SMILES string of the molecule is CCOC(=O)c1cnc2c(cnn2CC)c1NCc1ccccc1. The zero-order chi connectivity index (χ0) is 16.9. The second-order valence-electron chi connectivity index (χ2n) is 5.30. The Kier molecular flexibility index (Phi) is 4.74. The van der Waals surface area contributed by atoms with Gasteiger partial charge in [0.25, 0.3) is 0 Å². The van der Waals surface area contributed by atoms with Crippen LogP contribution in [-0.2, 0) is 17.8 Å². The highest BCUT2D eigenvalue weighted by Crippen LogP contribution is 2.27. The van der Waals surface area contributed by atoms with E-state index >= 15 is 0 Å². The second kappa shape index (κ2) is 7.12. The van der Waals surface area contributed by atoms with Crippen LogP contribution in [0.2, 0.25) is 0 Å². The number of hydrogen-bond acceptors (Lipinski definition) is 5. The normalized spacial score (nSPS) is 10.8. The van der Waals surface area contributed by atoms with Crippen LogP contribution in [0.3, 0.4) is 0 Å². The van der Waals surface area contributed by atoms with Crippen LogP contribution in [-0.4, -0.2) is 27.3 Å². The van der Waals surface area contributed by atoms with E-state index in [9.17, 15) is 4.79 Å². The van der Waals surface area contributed by atoms with Crippen LogP contribution in [0, 0.1) is 0 Å². The summed E-state index contributed by atoms with van der Waals surface area (Å²) in [5.74, 6) is -0.383. The summed E-state index contributed by atoms with van der Waals surface area (Å²) in [5.41, 5.74) is 3.01. The van der Waals surface area contributed by atoms with E-state index < -0.39 is 0 Å². The fraction of sp³-hybridized carbons (Fsp3) is 0.278. The number of anilines is 1. The highest BCUT2D eigenvalue weighted by atomic mass is 16.5. The molecule has 0 unspecified atom stereocenters. The second-order valence-corrected chi connectivity index (χ2v) is 5.30. The molecule has 0 radical (unpaired) electrons. The number of carbonyl (C=O) groups is 1. The molecule has 2 aromatic heterocycles. The standard InChI is InChI=1S/C18H20N4O2/c1-3-22-17-14(12-21-22)16(15(11-20-17)18(23)24-4-2)19-10-13-8-6-5-7-9-13/h5-9,11-12H,3-4,10H2,1-2H3,(H,19,20). The van der Waals surface area contributed by atoms with Crippen LogP contribution in [0.1, 0.15) is 29.8 Å². The van der Waals surface area contributed by atoms with Gasteiger partial charge < -0.3 is 10.1 Å². The maximum Gasteiger partial charge on any atom is 0.341 e. The van der Waals surface area contributed by atoms with Crippen molar-refractivity contribution < 1.29 is 9.53 Å². The van der Waals surface area contributed by atoms with Crippen molar-refractivity contribution >= 4 is 22.7 Å². The largest absolute Gasteiger partial charge is 0.462 e. The fourth-order valence-electron chi connectivity index (χ4n) is 2.60. The van der Waals surface area contributed by atoms with E-state index in [0.717, 1.165) is 16.6 Å². The van der Waals surface area contributed by atoms with Gasteiger partial charge in [-0.25, -0.2) is 14.5 Å². The molecule has 0 amide bonds. The summed E-state index contributed by atoms with van der Waals surface area (Å²) in [7, 11) is 0. The maximum absolute atomic E-state index is 12.3. The summed E-state index contributed by atoms with van der Waals surface area (Å²) in [5, 5.41) is 8.51. The van der Waals surface area contributed by atoms with E-state index in [1.807, 2.05) is 37.3 Å². The Hall–Kier alpha value is -2.89. The quantitative estimate of drug-likeness (QED) is 0.705. The molecule has 3 aromatic rings. The molecule has 6 heteroatoms. The first-order valence-corrected chi connectivity index (χ1v) is 8.04. The molecule has 24 heavy (non-hydrogen) atoms. The minimum absolute atomic E-state index is 0.323. The van der Waals surface area contributed by atoms with Gasteiger partial charge in [0, 0.05) is 19.3 Å². The van der Waals surface area contributed by atoms with E-state index in [1.54, 1.807) is 24.0 Å². The fourth-order valence-corrected chi connectivity index (χ4v) is 2.60. The average Bonchev–Trinajstić information content (AvgIpc) is 3.04. The number of carbonyl (C=O) groups excluding carboxylic acids is 1. The molecule has 0 saturated heterocycles. The zero-order valence-corrected chi connectivity index (χ0v) is 13.8. The minimum Gasteiger partial charge on any atom is -0.462 e. The van der Waals surface area contributed by atoms with Crippen LogP contribution in [0.4, 0.5) is 5.69 Å². The van der Waals surface area contributed by atoms with E-state index in [1.165, 1.54) is 0 Å². The van der Waals surface area contributed by atoms with Gasteiger partial charge in [-0.15, -0.1) is 0 Å². The van der Waals surface area contributed by atoms with Gasteiger partial charge in [-0.2, -0.15) is 5.10 Å². The van der Waals surface area contributed by atoms with Gasteiger partial charge in [0.1, 0.15) is 5.56 Å². The summed E-state index contributed by atoms with van der Waals surface area (Å²) < 4.78 is 6.96. The Morgan fingerprint density at radius 1 is 1.21 bits per heavy atom. The highest BCUT2D eigenvalue weighted by Gasteiger charge is 2.18. The predicted octanol–water partition coefficient (Wildman–Crippen LogP) is 3.24. The number of hydrogen-bond donors (Lipinski definition) is 1. The van der Waals surface area contributed by atoms with Gasteiger partial charge in [0.05, 0.1) is 23.9 Å². The Balaban J connectivity index is 2.01. The summed E-state index contributed by atoms with van der Waals surface area (Å²) in [6.07, 6.45) is 3.30. The number of esters is 1. The first-order chi connectivity index (χ1) is 11.7. The van der Waals surface area contributed by atoms with Gasteiger partial charge in [0.15, 0.2) is 5.65 Å². The number of rotatable bonds is 6. The molecular formula is C18H20N4O2. The Bertz CT molecular complexity index is 843. The molecule has 0 fully saturated rings. The third kappa shape index (κ3) is 3.08. The molecule has 1 N–H and O–H groups in total. The highest BCUT2D eigenvalue weighted by molar-refractivity contribution is 6.04. The smallest absolute Gasteiger partial charge is 0.341 e. The average molecular weight is 324 g/mol. The molecule has 0 saturated carbocycles. The van der Waals surface area contributed by atoms with Crippen molar-refractivity contribution in [2.45, 2.75) is 26.9 Å². The molecule has 1 aromatic carbocycles. The van der Waals surface area contributed by atoms with Crippen molar-refractivity contribution in [1.29, 1.82) is 0 Å². The van der Waals surface area contributed by atoms with E-state index in [2.05, 4.69) is 15.4 Å². The van der Waals surface area contributed by atoms with Gasteiger partial charge >= 0.3 is 5.97 Å². The molecule has 0 spiro atoms. The molecule has 0 atom stereocenters. The summed E-state index contributed by atoms with van der Waals surface area (Å²) in [6, 6.07) is 10.0. The number of benzene rings is 1. The van der Waals surface area contributed by atoms with Crippen molar-refractivity contribution in [2.75, 3.05) is 11.9 Å². The van der Waals surface area contributed by atoms with Gasteiger partial charge in [-0.3, -0.25) is 0 Å². The van der Waals surface area contributed by atoms with Crippen molar-refractivity contribution in [3.8, 4) is 0 Å². The minimum atomic E-state index is -0.383. The topological polar surface area (TPSA) is 69.0 Å². The summed E-state index contributed by atoms with van der Waals surface area (Å²) >= 11 is 0. The number of nitrogens with one attached hydrogen (secondary N) is 1. The monoisotopic (exact) mass is 324 g/mol. The third-order valence-corrected chi connectivity index (χ3v) is 3.77. The van der Waals surface area contributed by atoms with E-state index in [4.69, 9.17) is 4.74 Å². The Morgan fingerprint density at radius 2 is 2.00 bits per heavy atom. The molecule has 0 bridgehead atoms. The van der Waals surface area contributed by atoms with Crippen molar-refractivity contribution in [2.24, 2.45) is 0 Å². The van der Waals surface area contributed by atoms with Gasteiger partial charge in [-0.05, 0) is 19.4 Å². The molecule has 0 aliphatic heterocycles. The van der Waals surface area contributed by atoms with Crippen molar-refractivity contribution in [3.63, 3.8) is 0 Å². The first-order valence-electron chi connectivity index (χ1n) is 8.04. The lowest BCUT2D eigenvalue weighted by atomic mass is 10.1. The zero-order valence-electron chi connectivity index (χ0n) is 13.8. The number of fused-ring (bicyclic) bond motifs is 1. The van der Waals surface area contributed by atoms with Crippen molar-refractivity contribution in [3.05, 3.63) is 53.9 Å². The number of nitrogens with zero attached hydrogens (tertiary/aromatic N) is 3. The molecule has 6 nitrogen and oxygen atoms in total. The Labute approximate surface area is 140 Å². The molecule has 3 rings (SSSR count). The Morgan fingerprint density at radius 3 is 2.71 bits per heavy atom. The van der Waals surface area contributed by atoms with Crippen LogP contribution in [0.5, 0.6) is 0 Å². The van der Waals surface area contributed by atoms with Gasteiger partial charge in [0.2, 0.25) is 0 Å². The molecular weight excluding hydrogens is 304 g/mol. The van der Waals surface area contributed by atoms with Crippen LogP contribution >= 0.6 is 0 Å². The summed E-state index contributed by atoms with van der Waals surface area (Å²) in [6.45, 7) is 5.43. The van der Waals surface area contributed by atoms with Gasteiger partial charge in [-0.1, -0.05) is 30.3 Å². The predicted molar refractivity (Wildman–Crippen MR) is 92.9 cm³/mol. The number of aryl methyl sites for hydroxylation is 1. The molecule has 124 valence electrons. The summed E-state index contributed by atoms with van der Waals surface area (Å²) in [4.78, 5) is 16.7. The number of aromatic nitrogens is 3.